The summed E-state index contributed by atoms with van der Waals surface area (Å²) in [6.07, 6.45) is 1.78. The molecule has 0 bridgehead atoms. The number of sulfone groups is 1. The SMILES string of the molecule is CN(C(=O)Cn1cnc2ccc(Br)cc2c1=O)[C@H]1CCS(=O)(=O)C1. The number of hydrogen-bond acceptors (Lipinski definition) is 5. The maximum Gasteiger partial charge on any atom is 0.261 e. The fraction of sp³-hybridized carbons (Fsp3) is 0.400. The first-order valence-corrected chi connectivity index (χ1v) is 9.99. The summed E-state index contributed by atoms with van der Waals surface area (Å²) in [7, 11) is -1.50. The van der Waals surface area contributed by atoms with Crippen LogP contribution in [0.1, 0.15) is 6.42 Å². The molecule has 2 heterocycles. The van der Waals surface area contributed by atoms with Gasteiger partial charge in [0.25, 0.3) is 5.56 Å². The molecule has 128 valence electrons. The van der Waals surface area contributed by atoms with Crippen LogP contribution in [0.25, 0.3) is 10.9 Å². The number of rotatable bonds is 3. The van der Waals surface area contributed by atoms with Crippen molar-refractivity contribution >= 4 is 42.6 Å². The zero-order valence-corrected chi connectivity index (χ0v) is 15.4. The van der Waals surface area contributed by atoms with Gasteiger partial charge >= 0.3 is 0 Å². The Bertz CT molecular complexity index is 970. The van der Waals surface area contributed by atoms with Crippen LogP contribution < -0.4 is 5.56 Å². The third-order valence-electron chi connectivity index (χ3n) is 4.24. The van der Waals surface area contributed by atoms with Crippen LogP contribution >= 0.6 is 15.9 Å². The zero-order chi connectivity index (χ0) is 17.5. The molecule has 7 nitrogen and oxygen atoms in total. The highest BCUT2D eigenvalue weighted by Crippen LogP contribution is 2.17. The molecule has 9 heteroatoms. The van der Waals surface area contributed by atoms with Gasteiger partial charge in [-0.05, 0) is 24.6 Å². The lowest BCUT2D eigenvalue weighted by molar-refractivity contribution is -0.132. The van der Waals surface area contributed by atoms with E-state index in [0.29, 0.717) is 17.3 Å². The van der Waals surface area contributed by atoms with Crippen molar-refractivity contribution in [3.05, 3.63) is 39.4 Å². The molecule has 2 aromatic rings. The monoisotopic (exact) mass is 413 g/mol. The van der Waals surface area contributed by atoms with Gasteiger partial charge in [-0.25, -0.2) is 13.4 Å². The number of amides is 1. The topological polar surface area (TPSA) is 89.3 Å². The first-order chi connectivity index (χ1) is 11.3. The average molecular weight is 414 g/mol. The smallest absolute Gasteiger partial charge is 0.261 e. The number of nitrogens with zero attached hydrogens (tertiary/aromatic N) is 3. The Morgan fingerprint density at radius 3 is 2.88 bits per heavy atom. The number of carbonyl (C=O) groups is 1. The van der Waals surface area contributed by atoms with E-state index in [-0.39, 0.29) is 35.6 Å². The van der Waals surface area contributed by atoms with Crippen molar-refractivity contribution in [1.29, 1.82) is 0 Å². The molecule has 0 unspecified atom stereocenters. The number of halogens is 1. The molecule has 1 aromatic heterocycles. The van der Waals surface area contributed by atoms with E-state index >= 15 is 0 Å². The number of benzene rings is 1. The van der Waals surface area contributed by atoms with Crippen LogP contribution in [0.15, 0.2) is 33.8 Å². The molecule has 0 spiro atoms. The van der Waals surface area contributed by atoms with E-state index in [0.717, 1.165) is 4.47 Å². The van der Waals surface area contributed by atoms with Crippen molar-refractivity contribution in [2.45, 2.75) is 19.0 Å². The van der Waals surface area contributed by atoms with Gasteiger partial charge in [-0.15, -0.1) is 0 Å². The lowest BCUT2D eigenvalue weighted by atomic mass is 10.2. The molecular formula is C15H16BrN3O4S. The lowest BCUT2D eigenvalue weighted by Crippen LogP contribution is -2.41. The average Bonchev–Trinajstić information content (AvgIpc) is 2.89. The van der Waals surface area contributed by atoms with E-state index < -0.39 is 9.84 Å². The molecule has 1 amide bonds. The summed E-state index contributed by atoms with van der Waals surface area (Å²) in [5.41, 5.74) is 0.254. The summed E-state index contributed by atoms with van der Waals surface area (Å²) in [4.78, 5) is 30.5. The van der Waals surface area contributed by atoms with Crippen LogP contribution in [0.4, 0.5) is 0 Å². The van der Waals surface area contributed by atoms with E-state index in [4.69, 9.17) is 0 Å². The Labute approximate surface area is 147 Å². The fourth-order valence-corrected chi connectivity index (χ4v) is 4.92. The lowest BCUT2D eigenvalue weighted by Gasteiger charge is -2.23. The second kappa shape index (κ2) is 6.29. The minimum absolute atomic E-state index is 0.0208. The summed E-state index contributed by atoms with van der Waals surface area (Å²) < 4.78 is 25.1. The van der Waals surface area contributed by atoms with Crippen LogP contribution in [0.3, 0.4) is 0 Å². The summed E-state index contributed by atoms with van der Waals surface area (Å²) in [5.74, 6) is -0.233. The summed E-state index contributed by atoms with van der Waals surface area (Å²) >= 11 is 3.31. The quantitative estimate of drug-likeness (QED) is 0.742. The van der Waals surface area contributed by atoms with Crippen LogP contribution in [0.2, 0.25) is 0 Å². The number of carbonyl (C=O) groups excluding carboxylic acids is 1. The third kappa shape index (κ3) is 3.36. The van der Waals surface area contributed by atoms with E-state index in [1.807, 2.05) is 0 Å². The standard InChI is InChI=1S/C15H16BrN3O4S/c1-18(11-4-5-24(22,23)8-11)14(20)7-19-9-17-13-3-2-10(16)6-12(13)15(19)21/h2-3,6,9,11H,4-5,7-8H2,1H3/t11-/m0/s1. The molecule has 0 N–H and O–H groups in total. The van der Waals surface area contributed by atoms with E-state index in [2.05, 4.69) is 20.9 Å². The van der Waals surface area contributed by atoms with Crippen molar-refractivity contribution in [2.24, 2.45) is 0 Å². The predicted molar refractivity (Wildman–Crippen MR) is 93.5 cm³/mol. The Morgan fingerprint density at radius 2 is 2.21 bits per heavy atom. The molecule has 1 atom stereocenters. The predicted octanol–water partition coefficient (Wildman–Crippen LogP) is 0.804. The van der Waals surface area contributed by atoms with Crippen LogP contribution in [-0.4, -0.2) is 53.4 Å². The first-order valence-electron chi connectivity index (χ1n) is 7.37. The molecule has 24 heavy (non-hydrogen) atoms. The first kappa shape index (κ1) is 17.1. The van der Waals surface area contributed by atoms with Crippen molar-refractivity contribution in [3.8, 4) is 0 Å². The van der Waals surface area contributed by atoms with Crippen LogP contribution in [0.5, 0.6) is 0 Å². The maximum absolute atomic E-state index is 12.5. The highest BCUT2D eigenvalue weighted by Gasteiger charge is 2.32. The highest BCUT2D eigenvalue weighted by atomic mass is 79.9. The van der Waals surface area contributed by atoms with E-state index in [1.54, 1.807) is 25.2 Å². The second-order valence-electron chi connectivity index (χ2n) is 5.90. The van der Waals surface area contributed by atoms with Gasteiger partial charge in [0, 0.05) is 17.6 Å². The molecule has 3 rings (SSSR count). The number of fused-ring (bicyclic) bond motifs is 1. The number of likely N-dealkylation sites (N-methyl/N-ethyl adjacent to an activating group) is 1. The van der Waals surface area contributed by atoms with Gasteiger partial charge in [0.05, 0.1) is 28.7 Å². The fourth-order valence-electron chi connectivity index (χ4n) is 2.79. The molecule has 1 aromatic carbocycles. The minimum atomic E-state index is -3.07. The van der Waals surface area contributed by atoms with E-state index in [1.165, 1.54) is 15.8 Å². The number of aromatic nitrogens is 2. The van der Waals surface area contributed by atoms with E-state index in [9.17, 15) is 18.0 Å². The Kier molecular flexibility index (Phi) is 4.48. The highest BCUT2D eigenvalue weighted by molar-refractivity contribution is 9.10. The Morgan fingerprint density at radius 1 is 1.46 bits per heavy atom. The van der Waals surface area contributed by atoms with Crippen molar-refractivity contribution in [2.75, 3.05) is 18.6 Å². The van der Waals surface area contributed by atoms with Gasteiger partial charge in [-0.3, -0.25) is 14.2 Å². The Hall–Kier alpha value is -1.74. The molecule has 1 aliphatic heterocycles. The summed E-state index contributed by atoms with van der Waals surface area (Å²) in [5, 5.41) is 0.422. The molecular weight excluding hydrogens is 398 g/mol. The van der Waals surface area contributed by atoms with Crippen LogP contribution in [0, 0.1) is 0 Å². The maximum atomic E-state index is 12.5. The van der Waals surface area contributed by atoms with Crippen molar-refractivity contribution in [1.82, 2.24) is 14.5 Å². The Balaban J connectivity index is 1.83. The third-order valence-corrected chi connectivity index (χ3v) is 6.48. The second-order valence-corrected chi connectivity index (χ2v) is 9.04. The van der Waals surface area contributed by atoms with Gasteiger partial charge in [0.2, 0.25) is 5.91 Å². The van der Waals surface area contributed by atoms with Crippen LogP contribution in [-0.2, 0) is 21.2 Å². The van der Waals surface area contributed by atoms with Crippen molar-refractivity contribution in [3.63, 3.8) is 0 Å². The van der Waals surface area contributed by atoms with Gasteiger partial charge in [0.15, 0.2) is 9.84 Å². The van der Waals surface area contributed by atoms with Gasteiger partial charge < -0.3 is 4.90 Å². The summed E-state index contributed by atoms with van der Waals surface area (Å²) in [6, 6.07) is 4.85. The molecule has 0 saturated carbocycles. The molecule has 0 aliphatic carbocycles. The molecule has 1 fully saturated rings. The molecule has 0 radical (unpaired) electrons. The van der Waals surface area contributed by atoms with Gasteiger partial charge in [0.1, 0.15) is 6.54 Å². The minimum Gasteiger partial charge on any atom is -0.340 e. The van der Waals surface area contributed by atoms with Gasteiger partial charge in [-0.2, -0.15) is 0 Å². The van der Waals surface area contributed by atoms with Gasteiger partial charge in [-0.1, -0.05) is 15.9 Å². The molecule has 1 saturated heterocycles. The van der Waals surface area contributed by atoms with Crippen molar-refractivity contribution < 1.29 is 13.2 Å². The largest absolute Gasteiger partial charge is 0.340 e. The normalized spacial score (nSPS) is 19.5. The zero-order valence-electron chi connectivity index (χ0n) is 13.0. The summed E-state index contributed by atoms with van der Waals surface area (Å²) in [6.45, 7) is -0.165. The number of hydrogen-bond donors (Lipinski definition) is 0. The molecule has 1 aliphatic rings.